The first-order valence-electron chi connectivity index (χ1n) is 11.7. The highest BCUT2D eigenvalue weighted by Crippen LogP contribution is 2.39. The minimum absolute atomic E-state index is 0.0930. The first-order chi connectivity index (χ1) is 16.2. The van der Waals surface area contributed by atoms with Crippen LogP contribution in [0.4, 0.5) is 5.69 Å². The third-order valence-corrected chi connectivity index (χ3v) is 8.89. The number of piperidine rings is 1. The van der Waals surface area contributed by atoms with Crippen LogP contribution in [-0.2, 0) is 32.6 Å². The van der Waals surface area contributed by atoms with Gasteiger partial charge in [-0.2, -0.15) is 4.31 Å². The molecular weight excluding hydrogens is 518 g/mol. The van der Waals surface area contributed by atoms with Gasteiger partial charge in [0.25, 0.3) is 0 Å². The molecule has 0 aromatic heterocycles. The van der Waals surface area contributed by atoms with Crippen molar-refractivity contribution in [3.8, 4) is 0 Å². The lowest BCUT2D eigenvalue weighted by Gasteiger charge is -2.32. The number of carbonyl (C=O) groups is 2. The summed E-state index contributed by atoms with van der Waals surface area (Å²) in [6.45, 7) is 5.16. The summed E-state index contributed by atoms with van der Waals surface area (Å²) in [7, 11) is -3.89. The Morgan fingerprint density at radius 1 is 1.15 bits per heavy atom. The summed E-state index contributed by atoms with van der Waals surface area (Å²) in [5.74, 6) is -0.644. The molecule has 9 heteroatoms. The van der Waals surface area contributed by atoms with Gasteiger partial charge >= 0.3 is 0 Å². The minimum atomic E-state index is -3.89. The molecule has 0 radical (unpaired) electrons. The van der Waals surface area contributed by atoms with Crippen molar-refractivity contribution in [2.45, 2.75) is 51.0 Å². The number of sulfonamides is 1. The summed E-state index contributed by atoms with van der Waals surface area (Å²) in [6, 6.07) is 11.4. The molecule has 0 spiro atoms. The average molecular weight is 549 g/mol. The van der Waals surface area contributed by atoms with Gasteiger partial charge in [0.1, 0.15) is 4.90 Å². The summed E-state index contributed by atoms with van der Waals surface area (Å²) in [6.07, 6.45) is 2.17. The van der Waals surface area contributed by atoms with Crippen molar-refractivity contribution in [1.82, 2.24) is 9.62 Å². The van der Waals surface area contributed by atoms with E-state index in [0.29, 0.717) is 55.5 Å². The Hall–Kier alpha value is -2.23. The monoisotopic (exact) mass is 547 g/mol. The average Bonchev–Trinajstić information content (AvgIpc) is 3.26. The number of halogens is 1. The largest absolute Gasteiger partial charge is 0.352 e. The number of benzene rings is 2. The Morgan fingerprint density at radius 3 is 2.59 bits per heavy atom. The lowest BCUT2D eigenvalue weighted by Crippen LogP contribution is -2.45. The number of rotatable bonds is 6. The van der Waals surface area contributed by atoms with Gasteiger partial charge in [-0.25, -0.2) is 8.42 Å². The van der Waals surface area contributed by atoms with E-state index in [1.54, 1.807) is 17.9 Å². The van der Waals surface area contributed by atoms with Gasteiger partial charge in [-0.3, -0.25) is 9.59 Å². The summed E-state index contributed by atoms with van der Waals surface area (Å²) in [5.41, 5.74) is 3.49. The second kappa shape index (κ2) is 10.2. The van der Waals surface area contributed by atoms with Crippen molar-refractivity contribution in [3.05, 3.63) is 57.6 Å². The number of nitrogens with one attached hydrogen (secondary N) is 1. The molecule has 1 N–H and O–H groups in total. The molecule has 34 heavy (non-hydrogen) atoms. The van der Waals surface area contributed by atoms with Crippen LogP contribution in [0.15, 0.2) is 45.8 Å². The van der Waals surface area contributed by atoms with Gasteiger partial charge in [0.15, 0.2) is 0 Å². The van der Waals surface area contributed by atoms with Crippen LogP contribution < -0.4 is 10.2 Å². The van der Waals surface area contributed by atoms with E-state index in [4.69, 9.17) is 0 Å². The number of anilines is 1. The molecule has 182 valence electrons. The SMILES string of the molecule is CCC(=O)N1CCc2cc(Br)cc(S(=O)(=O)N3CCC[C@@H](C(=O)NCc4ccc(C)cc4)C3)c21. The van der Waals surface area contributed by atoms with Crippen LogP contribution in [0.25, 0.3) is 0 Å². The van der Waals surface area contributed by atoms with E-state index in [0.717, 1.165) is 16.7 Å². The van der Waals surface area contributed by atoms with Crippen LogP contribution in [-0.4, -0.2) is 44.2 Å². The van der Waals surface area contributed by atoms with Gasteiger partial charge in [0.05, 0.1) is 11.6 Å². The maximum atomic E-state index is 13.8. The van der Waals surface area contributed by atoms with Crippen molar-refractivity contribution in [3.63, 3.8) is 0 Å². The number of nitrogens with zero attached hydrogens (tertiary/aromatic N) is 2. The number of amides is 2. The Balaban J connectivity index is 1.53. The van der Waals surface area contributed by atoms with E-state index in [-0.39, 0.29) is 23.3 Å². The zero-order valence-corrected chi connectivity index (χ0v) is 21.9. The van der Waals surface area contributed by atoms with E-state index in [1.165, 1.54) is 4.31 Å². The smallest absolute Gasteiger partial charge is 0.245 e. The van der Waals surface area contributed by atoms with Crippen LogP contribution in [0.5, 0.6) is 0 Å². The summed E-state index contributed by atoms with van der Waals surface area (Å²) in [4.78, 5) is 27.1. The molecule has 0 saturated carbocycles. The van der Waals surface area contributed by atoms with Crippen LogP contribution in [0, 0.1) is 12.8 Å². The van der Waals surface area contributed by atoms with E-state index in [2.05, 4.69) is 21.2 Å². The molecule has 7 nitrogen and oxygen atoms in total. The minimum Gasteiger partial charge on any atom is -0.352 e. The van der Waals surface area contributed by atoms with Crippen molar-refractivity contribution in [1.29, 1.82) is 0 Å². The molecule has 0 aliphatic carbocycles. The summed E-state index contributed by atoms with van der Waals surface area (Å²) in [5, 5.41) is 2.96. The number of carbonyl (C=O) groups excluding carboxylic acids is 2. The number of aryl methyl sites for hydroxylation is 1. The molecule has 2 aromatic carbocycles. The molecule has 2 aliphatic heterocycles. The predicted octanol–water partition coefficient (Wildman–Crippen LogP) is 3.77. The van der Waals surface area contributed by atoms with Crippen LogP contribution in [0.1, 0.15) is 42.9 Å². The molecule has 4 rings (SSSR count). The molecule has 1 saturated heterocycles. The third kappa shape index (κ3) is 5.06. The van der Waals surface area contributed by atoms with Gasteiger partial charge in [0, 0.05) is 37.1 Å². The molecule has 2 heterocycles. The third-order valence-electron chi connectivity index (χ3n) is 6.56. The molecule has 0 unspecified atom stereocenters. The van der Waals surface area contributed by atoms with E-state index < -0.39 is 15.9 Å². The van der Waals surface area contributed by atoms with Gasteiger partial charge in [-0.1, -0.05) is 52.7 Å². The van der Waals surface area contributed by atoms with Gasteiger partial charge in [-0.05, 0) is 49.4 Å². The van der Waals surface area contributed by atoms with Gasteiger partial charge < -0.3 is 10.2 Å². The fraction of sp³-hybridized carbons (Fsp3) is 0.440. The van der Waals surface area contributed by atoms with Crippen LogP contribution in [0.3, 0.4) is 0 Å². The molecule has 2 amide bonds. The molecule has 1 atom stereocenters. The number of hydrogen-bond donors (Lipinski definition) is 1. The summed E-state index contributed by atoms with van der Waals surface area (Å²) >= 11 is 3.44. The fourth-order valence-corrected chi connectivity index (χ4v) is 7.10. The maximum absolute atomic E-state index is 13.8. The Morgan fingerprint density at radius 2 is 1.88 bits per heavy atom. The Bertz CT molecular complexity index is 1200. The highest BCUT2D eigenvalue weighted by Gasteiger charge is 2.38. The van der Waals surface area contributed by atoms with Crippen molar-refractivity contribution in [2.24, 2.45) is 5.92 Å². The maximum Gasteiger partial charge on any atom is 0.245 e. The highest BCUT2D eigenvalue weighted by molar-refractivity contribution is 9.10. The van der Waals surface area contributed by atoms with E-state index in [9.17, 15) is 18.0 Å². The standard InChI is InChI=1S/C25H30BrN3O4S/c1-3-23(30)29-12-10-19-13-21(26)14-22(24(19)29)34(32,33)28-11-4-5-20(16-28)25(31)27-15-18-8-6-17(2)7-9-18/h6-9,13-14,20H,3-5,10-12,15-16H2,1-2H3,(H,27,31)/t20-/m1/s1. The van der Waals surface area contributed by atoms with Gasteiger partial charge in [-0.15, -0.1) is 0 Å². The van der Waals surface area contributed by atoms with Crippen molar-refractivity contribution >= 4 is 43.5 Å². The highest BCUT2D eigenvalue weighted by atomic mass is 79.9. The lowest BCUT2D eigenvalue weighted by atomic mass is 9.98. The molecule has 2 aliphatic rings. The molecule has 1 fully saturated rings. The lowest BCUT2D eigenvalue weighted by molar-refractivity contribution is -0.126. The fourth-order valence-electron chi connectivity index (χ4n) is 4.66. The van der Waals surface area contributed by atoms with Gasteiger partial charge in [0.2, 0.25) is 21.8 Å². The molecule has 0 bridgehead atoms. The number of hydrogen-bond acceptors (Lipinski definition) is 4. The van der Waals surface area contributed by atoms with E-state index >= 15 is 0 Å². The Kier molecular flexibility index (Phi) is 7.45. The summed E-state index contributed by atoms with van der Waals surface area (Å²) < 4.78 is 29.6. The second-order valence-electron chi connectivity index (χ2n) is 8.97. The van der Waals surface area contributed by atoms with Crippen LogP contribution >= 0.6 is 15.9 Å². The molecular formula is C25H30BrN3O4S. The van der Waals surface area contributed by atoms with Crippen molar-refractivity contribution < 1.29 is 18.0 Å². The first-order valence-corrected chi connectivity index (χ1v) is 13.9. The predicted molar refractivity (Wildman–Crippen MR) is 135 cm³/mol. The molecule has 2 aromatic rings. The van der Waals surface area contributed by atoms with Crippen molar-refractivity contribution in [2.75, 3.05) is 24.5 Å². The Labute approximate surface area is 209 Å². The van der Waals surface area contributed by atoms with Crippen LogP contribution in [0.2, 0.25) is 0 Å². The van der Waals surface area contributed by atoms with E-state index in [1.807, 2.05) is 37.3 Å². The second-order valence-corrected chi connectivity index (χ2v) is 11.8. The zero-order chi connectivity index (χ0) is 24.5. The zero-order valence-electron chi connectivity index (χ0n) is 19.5. The number of fused-ring (bicyclic) bond motifs is 1. The normalized spacial score (nSPS) is 18.6. The quantitative estimate of drug-likeness (QED) is 0.596. The first kappa shape index (κ1) is 24.9. The topological polar surface area (TPSA) is 86.8 Å².